The first-order valence-electron chi connectivity index (χ1n) is 4.88. The first-order valence-corrected chi connectivity index (χ1v) is 5.80. The zero-order valence-corrected chi connectivity index (χ0v) is 10.2. The Morgan fingerprint density at radius 3 is 2.50 bits per heavy atom. The Balaban J connectivity index is 2.31. The summed E-state index contributed by atoms with van der Waals surface area (Å²) in [5.74, 6) is 0.331. The molecule has 0 saturated carbocycles. The summed E-state index contributed by atoms with van der Waals surface area (Å²) in [6.07, 6.45) is 0. The Morgan fingerprint density at radius 2 is 2.00 bits per heavy atom. The van der Waals surface area contributed by atoms with Gasteiger partial charge in [0.15, 0.2) is 0 Å². The van der Waals surface area contributed by atoms with E-state index in [4.69, 9.17) is 4.74 Å². The molecule has 1 rings (SSSR count). The number of carbonyl (C=O) groups is 1. The molecule has 82 valence electrons. The standard InChI is InChI=1S/C9H17BrN2O2/c1-7(2)8(10)9(13)11-12-3-5-14-6-4-12/h7-8H,3-6H2,1-2H3,(H,11,13). The number of amides is 1. The summed E-state index contributed by atoms with van der Waals surface area (Å²) in [5, 5.41) is 1.91. The second kappa shape index (κ2) is 5.68. The summed E-state index contributed by atoms with van der Waals surface area (Å²) in [7, 11) is 0. The van der Waals surface area contributed by atoms with Crippen LogP contribution in [0.5, 0.6) is 0 Å². The van der Waals surface area contributed by atoms with Crippen molar-refractivity contribution < 1.29 is 9.53 Å². The van der Waals surface area contributed by atoms with E-state index in [-0.39, 0.29) is 10.7 Å². The molecule has 0 aromatic carbocycles. The number of rotatable bonds is 3. The van der Waals surface area contributed by atoms with Crippen molar-refractivity contribution in [2.24, 2.45) is 5.92 Å². The topological polar surface area (TPSA) is 41.6 Å². The number of hydrogen-bond donors (Lipinski definition) is 1. The largest absolute Gasteiger partial charge is 0.379 e. The molecule has 0 aliphatic carbocycles. The average molecular weight is 265 g/mol. The monoisotopic (exact) mass is 264 g/mol. The highest BCUT2D eigenvalue weighted by Gasteiger charge is 2.21. The summed E-state index contributed by atoms with van der Waals surface area (Å²) < 4.78 is 5.18. The van der Waals surface area contributed by atoms with E-state index in [1.807, 2.05) is 18.9 Å². The summed E-state index contributed by atoms with van der Waals surface area (Å²) in [5.41, 5.74) is 2.87. The van der Waals surface area contributed by atoms with Gasteiger partial charge in [-0.2, -0.15) is 0 Å². The quantitative estimate of drug-likeness (QED) is 0.766. The van der Waals surface area contributed by atoms with Crippen molar-refractivity contribution in [3.05, 3.63) is 0 Å². The Labute approximate surface area is 93.1 Å². The molecule has 1 aliphatic heterocycles. The molecule has 14 heavy (non-hydrogen) atoms. The van der Waals surface area contributed by atoms with Gasteiger partial charge >= 0.3 is 0 Å². The lowest BCUT2D eigenvalue weighted by atomic mass is 10.1. The molecule has 1 heterocycles. The Bertz CT molecular complexity index is 193. The first-order chi connectivity index (χ1) is 6.61. The third kappa shape index (κ3) is 3.55. The Kier molecular flexibility index (Phi) is 4.84. The molecule has 0 spiro atoms. The van der Waals surface area contributed by atoms with Crippen molar-refractivity contribution in [1.29, 1.82) is 0 Å². The van der Waals surface area contributed by atoms with E-state index in [0.717, 1.165) is 13.1 Å². The van der Waals surface area contributed by atoms with Crippen LogP contribution in [0.15, 0.2) is 0 Å². The van der Waals surface area contributed by atoms with Crippen molar-refractivity contribution in [3.63, 3.8) is 0 Å². The van der Waals surface area contributed by atoms with Crippen LogP contribution in [0.2, 0.25) is 0 Å². The van der Waals surface area contributed by atoms with E-state index in [2.05, 4.69) is 21.4 Å². The number of hydrogen-bond acceptors (Lipinski definition) is 3. The molecule has 1 atom stereocenters. The van der Waals surface area contributed by atoms with Crippen molar-refractivity contribution in [1.82, 2.24) is 10.4 Å². The van der Waals surface area contributed by atoms with Gasteiger partial charge in [0.1, 0.15) is 0 Å². The van der Waals surface area contributed by atoms with Crippen molar-refractivity contribution in [2.45, 2.75) is 18.7 Å². The molecule has 5 heteroatoms. The molecule has 4 nitrogen and oxygen atoms in total. The number of hydrazine groups is 1. The number of halogens is 1. The SMILES string of the molecule is CC(C)C(Br)C(=O)NN1CCOCC1. The fourth-order valence-corrected chi connectivity index (χ4v) is 1.30. The zero-order chi connectivity index (χ0) is 10.6. The van der Waals surface area contributed by atoms with Gasteiger partial charge in [-0.3, -0.25) is 10.2 Å². The van der Waals surface area contributed by atoms with E-state index in [0.29, 0.717) is 19.1 Å². The van der Waals surface area contributed by atoms with E-state index >= 15 is 0 Å². The minimum absolute atomic E-state index is 0.0295. The molecule has 0 radical (unpaired) electrons. The summed E-state index contributed by atoms with van der Waals surface area (Å²) in [4.78, 5) is 11.5. The average Bonchev–Trinajstić information content (AvgIpc) is 2.18. The maximum Gasteiger partial charge on any atom is 0.248 e. The van der Waals surface area contributed by atoms with E-state index < -0.39 is 0 Å². The molecule has 1 amide bonds. The number of ether oxygens (including phenoxy) is 1. The maximum absolute atomic E-state index is 11.6. The molecule has 1 saturated heterocycles. The van der Waals surface area contributed by atoms with Crippen molar-refractivity contribution in [2.75, 3.05) is 26.3 Å². The second-order valence-corrected chi connectivity index (χ2v) is 4.71. The molecule has 0 aromatic rings. The van der Waals surface area contributed by atoms with Crippen LogP contribution in [0.3, 0.4) is 0 Å². The van der Waals surface area contributed by atoms with Gasteiger partial charge in [-0.1, -0.05) is 29.8 Å². The van der Waals surface area contributed by atoms with Crippen molar-refractivity contribution >= 4 is 21.8 Å². The summed E-state index contributed by atoms with van der Waals surface area (Å²) >= 11 is 3.36. The van der Waals surface area contributed by atoms with Crippen LogP contribution in [-0.2, 0) is 9.53 Å². The third-order valence-corrected chi connectivity index (χ3v) is 3.59. The predicted molar refractivity (Wildman–Crippen MR) is 58.1 cm³/mol. The fourth-order valence-electron chi connectivity index (χ4n) is 1.20. The van der Waals surface area contributed by atoms with Gasteiger partial charge in [-0.15, -0.1) is 0 Å². The van der Waals surface area contributed by atoms with Gasteiger partial charge in [-0.05, 0) is 5.92 Å². The summed E-state index contributed by atoms with van der Waals surface area (Å²) in [6, 6.07) is 0. The molecular weight excluding hydrogens is 248 g/mol. The van der Waals surface area contributed by atoms with Gasteiger partial charge in [-0.25, -0.2) is 5.01 Å². The molecule has 0 aromatic heterocycles. The highest BCUT2D eigenvalue weighted by Crippen LogP contribution is 2.11. The third-order valence-electron chi connectivity index (χ3n) is 2.12. The van der Waals surface area contributed by atoms with Crippen LogP contribution < -0.4 is 5.43 Å². The van der Waals surface area contributed by atoms with E-state index in [1.165, 1.54) is 0 Å². The van der Waals surface area contributed by atoms with Crippen LogP contribution in [0.4, 0.5) is 0 Å². The Hall–Kier alpha value is -0.130. The maximum atomic E-state index is 11.6. The Morgan fingerprint density at radius 1 is 1.43 bits per heavy atom. The highest BCUT2D eigenvalue weighted by atomic mass is 79.9. The van der Waals surface area contributed by atoms with Crippen LogP contribution >= 0.6 is 15.9 Å². The van der Waals surface area contributed by atoms with Gasteiger partial charge in [0.2, 0.25) is 5.91 Å². The lowest BCUT2D eigenvalue weighted by molar-refractivity contribution is -0.127. The van der Waals surface area contributed by atoms with Crippen LogP contribution in [-0.4, -0.2) is 42.0 Å². The number of nitrogens with zero attached hydrogens (tertiary/aromatic N) is 1. The molecular formula is C9H17BrN2O2. The normalized spacial score (nSPS) is 20.9. The molecule has 1 fully saturated rings. The predicted octanol–water partition coefficient (Wildman–Crippen LogP) is 0.769. The fraction of sp³-hybridized carbons (Fsp3) is 0.889. The number of carbonyl (C=O) groups excluding carboxylic acids is 1. The lowest BCUT2D eigenvalue weighted by Crippen LogP contribution is -2.51. The van der Waals surface area contributed by atoms with E-state index in [9.17, 15) is 4.79 Å². The van der Waals surface area contributed by atoms with E-state index in [1.54, 1.807) is 0 Å². The van der Waals surface area contributed by atoms with Crippen LogP contribution in [0.25, 0.3) is 0 Å². The number of alkyl halides is 1. The molecule has 1 aliphatic rings. The molecule has 1 N–H and O–H groups in total. The smallest absolute Gasteiger partial charge is 0.248 e. The molecule has 0 bridgehead atoms. The van der Waals surface area contributed by atoms with Crippen LogP contribution in [0.1, 0.15) is 13.8 Å². The van der Waals surface area contributed by atoms with Gasteiger partial charge in [0.25, 0.3) is 0 Å². The minimum Gasteiger partial charge on any atom is -0.379 e. The lowest BCUT2D eigenvalue weighted by Gasteiger charge is -2.28. The second-order valence-electron chi connectivity index (χ2n) is 3.72. The molecule has 1 unspecified atom stereocenters. The summed E-state index contributed by atoms with van der Waals surface area (Å²) in [6.45, 7) is 6.94. The van der Waals surface area contributed by atoms with Crippen LogP contribution in [0, 0.1) is 5.92 Å². The first kappa shape index (κ1) is 11.9. The van der Waals surface area contributed by atoms with Gasteiger partial charge < -0.3 is 4.74 Å². The number of nitrogens with one attached hydrogen (secondary N) is 1. The minimum atomic E-state index is -0.120. The van der Waals surface area contributed by atoms with Gasteiger partial charge in [0, 0.05) is 13.1 Å². The number of morpholine rings is 1. The highest BCUT2D eigenvalue weighted by molar-refractivity contribution is 9.10. The zero-order valence-electron chi connectivity index (χ0n) is 8.62. The van der Waals surface area contributed by atoms with Gasteiger partial charge in [0.05, 0.1) is 18.0 Å². The van der Waals surface area contributed by atoms with Crippen molar-refractivity contribution in [3.8, 4) is 0 Å².